The van der Waals surface area contributed by atoms with Gasteiger partial charge in [0.15, 0.2) is 5.82 Å². The Hall–Kier alpha value is -2.87. The minimum Gasteiger partial charge on any atom is -0.406 e. The van der Waals surface area contributed by atoms with E-state index in [4.69, 9.17) is 0 Å². The second kappa shape index (κ2) is 6.94. The summed E-state index contributed by atoms with van der Waals surface area (Å²) >= 11 is 0. The average molecular weight is 349 g/mol. The highest BCUT2D eigenvalue weighted by Crippen LogP contribution is 2.24. The summed E-state index contributed by atoms with van der Waals surface area (Å²) in [6, 6.07) is 13.3. The first-order valence-electron chi connectivity index (χ1n) is 7.61. The van der Waals surface area contributed by atoms with E-state index in [2.05, 4.69) is 20.6 Å². The zero-order valence-electron chi connectivity index (χ0n) is 13.2. The van der Waals surface area contributed by atoms with Crippen molar-refractivity contribution in [3.63, 3.8) is 0 Å². The summed E-state index contributed by atoms with van der Waals surface area (Å²) in [6.07, 6.45) is -2.28. The van der Waals surface area contributed by atoms with E-state index in [1.54, 1.807) is 0 Å². The molecule has 2 aromatic carbocycles. The standard InChI is InChI=1S/C17H15F3N4O/c18-17(19,20)25-15-7-5-14(6-8-15)24-11-22-16(23-24)13-3-1-12(2-4-13)9-10-21/h1-8,11H,9-10,21H2/p+1. The highest BCUT2D eigenvalue weighted by Gasteiger charge is 2.30. The van der Waals surface area contributed by atoms with Crippen LogP contribution in [0.5, 0.6) is 5.75 Å². The first kappa shape index (κ1) is 17.0. The molecule has 3 aromatic rings. The van der Waals surface area contributed by atoms with Crippen molar-refractivity contribution in [2.75, 3.05) is 6.54 Å². The first-order valence-corrected chi connectivity index (χ1v) is 7.61. The van der Waals surface area contributed by atoms with Crippen molar-refractivity contribution in [1.82, 2.24) is 14.8 Å². The smallest absolute Gasteiger partial charge is 0.406 e. The molecular formula is C17H16F3N4O+. The van der Waals surface area contributed by atoms with Crippen LogP contribution >= 0.6 is 0 Å². The number of ether oxygens (including phenoxy) is 1. The van der Waals surface area contributed by atoms with E-state index in [1.807, 2.05) is 24.3 Å². The van der Waals surface area contributed by atoms with Gasteiger partial charge < -0.3 is 10.5 Å². The van der Waals surface area contributed by atoms with E-state index in [0.717, 1.165) is 18.5 Å². The largest absolute Gasteiger partial charge is 0.573 e. The second-order valence-corrected chi connectivity index (χ2v) is 5.35. The van der Waals surface area contributed by atoms with Crippen molar-refractivity contribution >= 4 is 0 Å². The molecule has 130 valence electrons. The predicted octanol–water partition coefficient (Wildman–Crippen LogP) is 2.62. The van der Waals surface area contributed by atoms with E-state index < -0.39 is 6.36 Å². The summed E-state index contributed by atoms with van der Waals surface area (Å²) in [5.41, 5.74) is 6.47. The highest BCUT2D eigenvalue weighted by molar-refractivity contribution is 5.55. The van der Waals surface area contributed by atoms with Crippen LogP contribution in [-0.4, -0.2) is 27.7 Å². The molecule has 0 aliphatic rings. The minimum absolute atomic E-state index is 0.280. The molecule has 0 amide bonds. The minimum atomic E-state index is -4.71. The summed E-state index contributed by atoms with van der Waals surface area (Å²) in [5, 5.41) is 4.36. The van der Waals surface area contributed by atoms with Crippen LogP contribution in [0.1, 0.15) is 5.56 Å². The Morgan fingerprint density at radius 3 is 2.28 bits per heavy atom. The lowest BCUT2D eigenvalue weighted by Gasteiger charge is -2.09. The van der Waals surface area contributed by atoms with Gasteiger partial charge in [-0.2, -0.15) is 0 Å². The van der Waals surface area contributed by atoms with Crippen LogP contribution < -0.4 is 10.5 Å². The normalized spacial score (nSPS) is 11.5. The molecular weight excluding hydrogens is 333 g/mol. The van der Waals surface area contributed by atoms with Gasteiger partial charge in [0.1, 0.15) is 12.1 Å². The summed E-state index contributed by atoms with van der Waals surface area (Å²) < 4.78 is 41.9. The topological polar surface area (TPSA) is 67.6 Å². The number of hydrogen-bond acceptors (Lipinski definition) is 3. The maximum atomic E-state index is 12.2. The zero-order valence-corrected chi connectivity index (χ0v) is 13.2. The molecule has 3 rings (SSSR count). The van der Waals surface area contributed by atoms with Gasteiger partial charge in [-0.15, -0.1) is 18.3 Å². The van der Waals surface area contributed by atoms with Crippen molar-refractivity contribution < 1.29 is 23.6 Å². The van der Waals surface area contributed by atoms with Crippen LogP contribution in [-0.2, 0) is 6.42 Å². The lowest BCUT2D eigenvalue weighted by atomic mass is 10.1. The van der Waals surface area contributed by atoms with Gasteiger partial charge in [-0.1, -0.05) is 24.3 Å². The van der Waals surface area contributed by atoms with Crippen LogP contribution in [0.2, 0.25) is 0 Å². The SMILES string of the molecule is [NH3+]CCc1ccc(-c2ncn(-c3ccc(OC(F)(F)F)cc3)n2)cc1. The van der Waals surface area contributed by atoms with Crippen LogP contribution in [0.15, 0.2) is 54.9 Å². The van der Waals surface area contributed by atoms with E-state index >= 15 is 0 Å². The number of rotatable bonds is 5. The van der Waals surface area contributed by atoms with Crippen molar-refractivity contribution in [3.8, 4) is 22.8 Å². The third-order valence-electron chi connectivity index (χ3n) is 3.50. The van der Waals surface area contributed by atoms with Gasteiger partial charge in [0, 0.05) is 12.0 Å². The van der Waals surface area contributed by atoms with Crippen LogP contribution in [0, 0.1) is 0 Å². The van der Waals surface area contributed by atoms with Gasteiger partial charge in [-0.05, 0) is 29.8 Å². The monoisotopic (exact) mass is 349 g/mol. The molecule has 0 bridgehead atoms. The average Bonchev–Trinajstić information content (AvgIpc) is 3.05. The lowest BCUT2D eigenvalue weighted by Crippen LogP contribution is -2.51. The molecule has 0 aliphatic carbocycles. The van der Waals surface area contributed by atoms with Crippen LogP contribution in [0.4, 0.5) is 13.2 Å². The fourth-order valence-corrected chi connectivity index (χ4v) is 2.34. The summed E-state index contributed by atoms with van der Waals surface area (Å²) in [5.74, 6) is 0.259. The molecule has 8 heteroatoms. The molecule has 0 saturated heterocycles. The highest BCUT2D eigenvalue weighted by atomic mass is 19.4. The predicted molar refractivity (Wildman–Crippen MR) is 84.9 cm³/mol. The molecule has 3 N–H and O–H groups in total. The summed E-state index contributed by atoms with van der Waals surface area (Å²) in [7, 11) is 0. The number of benzene rings is 2. The van der Waals surface area contributed by atoms with E-state index in [-0.39, 0.29) is 5.75 Å². The Labute approximate surface area is 141 Å². The Kier molecular flexibility index (Phi) is 4.71. The molecule has 0 radical (unpaired) electrons. The fraction of sp³-hybridized carbons (Fsp3) is 0.176. The number of alkyl halides is 3. The number of hydrogen-bond donors (Lipinski definition) is 1. The van der Waals surface area contributed by atoms with Gasteiger partial charge in [0.05, 0.1) is 12.2 Å². The molecule has 0 fully saturated rings. The van der Waals surface area contributed by atoms with Gasteiger partial charge in [0.2, 0.25) is 0 Å². The molecule has 0 spiro atoms. The van der Waals surface area contributed by atoms with E-state index in [1.165, 1.54) is 40.8 Å². The quantitative estimate of drug-likeness (QED) is 0.770. The fourth-order valence-electron chi connectivity index (χ4n) is 2.34. The van der Waals surface area contributed by atoms with Gasteiger partial charge in [0.25, 0.3) is 0 Å². The first-order chi connectivity index (χ1) is 11.9. The Morgan fingerprint density at radius 1 is 1.00 bits per heavy atom. The maximum absolute atomic E-state index is 12.2. The molecule has 1 aromatic heterocycles. The Morgan fingerprint density at radius 2 is 1.68 bits per heavy atom. The lowest BCUT2D eigenvalue weighted by molar-refractivity contribution is -0.366. The molecule has 0 unspecified atom stereocenters. The third kappa shape index (κ3) is 4.36. The molecule has 1 heterocycles. The molecule has 5 nitrogen and oxygen atoms in total. The molecule has 0 saturated carbocycles. The van der Waals surface area contributed by atoms with Gasteiger partial charge >= 0.3 is 6.36 Å². The van der Waals surface area contributed by atoms with E-state index in [0.29, 0.717) is 11.5 Å². The number of quaternary nitrogens is 1. The van der Waals surface area contributed by atoms with Crippen LogP contribution in [0.25, 0.3) is 17.1 Å². The van der Waals surface area contributed by atoms with Crippen molar-refractivity contribution in [2.24, 2.45) is 0 Å². The van der Waals surface area contributed by atoms with Gasteiger partial charge in [-0.3, -0.25) is 0 Å². The number of aromatic nitrogens is 3. The van der Waals surface area contributed by atoms with Gasteiger partial charge in [-0.25, -0.2) is 9.67 Å². The molecule has 0 atom stereocenters. The van der Waals surface area contributed by atoms with Crippen molar-refractivity contribution in [3.05, 3.63) is 60.4 Å². The summed E-state index contributed by atoms with van der Waals surface area (Å²) in [4.78, 5) is 4.25. The number of halogens is 3. The summed E-state index contributed by atoms with van der Waals surface area (Å²) in [6.45, 7) is 0.834. The maximum Gasteiger partial charge on any atom is 0.573 e. The van der Waals surface area contributed by atoms with Crippen molar-refractivity contribution in [1.29, 1.82) is 0 Å². The Bertz CT molecular complexity index is 826. The van der Waals surface area contributed by atoms with Crippen LogP contribution in [0.3, 0.4) is 0 Å². The molecule has 0 aliphatic heterocycles. The zero-order chi connectivity index (χ0) is 17.9. The Balaban J connectivity index is 1.76. The number of nitrogens with zero attached hydrogens (tertiary/aromatic N) is 3. The second-order valence-electron chi connectivity index (χ2n) is 5.35. The third-order valence-corrected chi connectivity index (χ3v) is 3.50. The molecule has 25 heavy (non-hydrogen) atoms. The van der Waals surface area contributed by atoms with Crippen molar-refractivity contribution in [2.45, 2.75) is 12.8 Å². The van der Waals surface area contributed by atoms with E-state index in [9.17, 15) is 13.2 Å².